The molecule has 0 spiro atoms. The van der Waals surface area contributed by atoms with E-state index < -0.39 is 5.97 Å². The number of hydrogen-bond donors (Lipinski definition) is 1. The Hall–Kier alpha value is -2.18. The maximum Gasteiger partial charge on any atom is 0.305 e. The number of aryl methyl sites for hydroxylation is 1. The Morgan fingerprint density at radius 1 is 1.42 bits per heavy atom. The molecular formula is C12H17N3O4. The topological polar surface area (TPSA) is 92.6 Å². The van der Waals surface area contributed by atoms with Crippen LogP contribution in [0, 0.1) is 6.92 Å². The predicted octanol–water partition coefficient (Wildman–Crippen LogP) is 0.487. The third-order valence-corrected chi connectivity index (χ3v) is 2.49. The molecule has 0 unspecified atom stereocenters. The van der Waals surface area contributed by atoms with E-state index in [1.54, 1.807) is 13.2 Å². The summed E-state index contributed by atoms with van der Waals surface area (Å²) in [6, 6.07) is 0. The number of carboxylic acid groups (broad SMARTS) is 1. The second-order valence-electron chi connectivity index (χ2n) is 4.07. The fourth-order valence-corrected chi connectivity index (χ4v) is 1.35. The molecule has 19 heavy (non-hydrogen) atoms. The first kappa shape index (κ1) is 14.9. The summed E-state index contributed by atoms with van der Waals surface area (Å²) in [5.74, 6) is -0.628. The molecule has 1 N–H and O–H groups in total. The van der Waals surface area contributed by atoms with E-state index in [4.69, 9.17) is 9.84 Å². The standard InChI is InChI=1S/C12H17N3O4/c1-9-7-13-8-14-12(9)19-6-4-10(16)15(2)5-3-11(17)18/h7-8H,3-6H2,1-2H3,(H,17,18). The van der Waals surface area contributed by atoms with Crippen LogP contribution in [0.1, 0.15) is 18.4 Å². The Labute approximate surface area is 111 Å². The first-order chi connectivity index (χ1) is 9.00. The van der Waals surface area contributed by atoms with E-state index in [0.29, 0.717) is 5.88 Å². The van der Waals surface area contributed by atoms with Crippen molar-refractivity contribution in [1.82, 2.24) is 14.9 Å². The van der Waals surface area contributed by atoms with Gasteiger partial charge in [-0.05, 0) is 6.92 Å². The number of rotatable bonds is 7. The fraction of sp³-hybridized carbons (Fsp3) is 0.500. The van der Waals surface area contributed by atoms with Crippen LogP contribution in [-0.2, 0) is 9.59 Å². The molecule has 0 aliphatic rings. The van der Waals surface area contributed by atoms with E-state index in [0.717, 1.165) is 5.56 Å². The summed E-state index contributed by atoms with van der Waals surface area (Å²) in [7, 11) is 1.57. The summed E-state index contributed by atoms with van der Waals surface area (Å²) in [6.45, 7) is 2.21. The minimum Gasteiger partial charge on any atom is -0.481 e. The predicted molar refractivity (Wildman–Crippen MR) is 66.8 cm³/mol. The van der Waals surface area contributed by atoms with E-state index in [9.17, 15) is 9.59 Å². The van der Waals surface area contributed by atoms with Crippen LogP contribution in [0.15, 0.2) is 12.5 Å². The van der Waals surface area contributed by atoms with Crippen molar-refractivity contribution in [1.29, 1.82) is 0 Å². The zero-order valence-electron chi connectivity index (χ0n) is 11.0. The molecular weight excluding hydrogens is 250 g/mol. The van der Waals surface area contributed by atoms with Crippen molar-refractivity contribution in [3.05, 3.63) is 18.1 Å². The Morgan fingerprint density at radius 2 is 2.16 bits per heavy atom. The number of aromatic nitrogens is 2. The number of nitrogens with zero attached hydrogens (tertiary/aromatic N) is 3. The van der Waals surface area contributed by atoms with Crippen LogP contribution in [-0.4, -0.2) is 52.1 Å². The van der Waals surface area contributed by atoms with Crippen LogP contribution in [0.3, 0.4) is 0 Å². The van der Waals surface area contributed by atoms with Crippen LogP contribution in [0.2, 0.25) is 0 Å². The van der Waals surface area contributed by atoms with Gasteiger partial charge in [0, 0.05) is 25.4 Å². The lowest BCUT2D eigenvalue weighted by Crippen LogP contribution is -2.30. The number of carbonyl (C=O) groups is 2. The molecule has 0 bridgehead atoms. The monoisotopic (exact) mass is 267 g/mol. The van der Waals surface area contributed by atoms with Gasteiger partial charge in [0.25, 0.3) is 0 Å². The van der Waals surface area contributed by atoms with Crippen molar-refractivity contribution in [2.45, 2.75) is 19.8 Å². The molecule has 1 amide bonds. The van der Waals surface area contributed by atoms with Gasteiger partial charge >= 0.3 is 5.97 Å². The van der Waals surface area contributed by atoms with Gasteiger partial charge in [-0.15, -0.1) is 0 Å². The number of amides is 1. The largest absolute Gasteiger partial charge is 0.481 e. The van der Waals surface area contributed by atoms with Gasteiger partial charge in [-0.3, -0.25) is 9.59 Å². The van der Waals surface area contributed by atoms with Crippen molar-refractivity contribution in [2.75, 3.05) is 20.2 Å². The number of ether oxygens (including phenoxy) is 1. The van der Waals surface area contributed by atoms with Crippen LogP contribution >= 0.6 is 0 Å². The second-order valence-corrected chi connectivity index (χ2v) is 4.07. The van der Waals surface area contributed by atoms with Crippen LogP contribution < -0.4 is 4.74 Å². The number of aliphatic carboxylic acids is 1. The smallest absolute Gasteiger partial charge is 0.305 e. The third kappa shape index (κ3) is 5.33. The summed E-state index contributed by atoms with van der Waals surface area (Å²) >= 11 is 0. The summed E-state index contributed by atoms with van der Waals surface area (Å²) in [6.07, 6.45) is 3.12. The summed E-state index contributed by atoms with van der Waals surface area (Å²) in [5.41, 5.74) is 0.800. The molecule has 0 atom stereocenters. The van der Waals surface area contributed by atoms with Gasteiger partial charge in [0.2, 0.25) is 11.8 Å². The van der Waals surface area contributed by atoms with Gasteiger partial charge in [-0.25, -0.2) is 9.97 Å². The lowest BCUT2D eigenvalue weighted by Gasteiger charge is -2.16. The second kappa shape index (κ2) is 7.30. The van der Waals surface area contributed by atoms with Crippen molar-refractivity contribution in [3.63, 3.8) is 0 Å². The molecule has 0 saturated carbocycles. The van der Waals surface area contributed by atoms with Gasteiger partial charge in [-0.1, -0.05) is 0 Å². The highest BCUT2D eigenvalue weighted by atomic mass is 16.5. The van der Waals surface area contributed by atoms with E-state index >= 15 is 0 Å². The van der Waals surface area contributed by atoms with Crippen molar-refractivity contribution in [2.24, 2.45) is 0 Å². The molecule has 104 valence electrons. The SMILES string of the molecule is Cc1cncnc1OCCC(=O)N(C)CCC(=O)O. The van der Waals surface area contributed by atoms with E-state index in [1.807, 2.05) is 6.92 Å². The van der Waals surface area contributed by atoms with Crippen LogP contribution in [0.4, 0.5) is 0 Å². The highest BCUT2D eigenvalue weighted by Gasteiger charge is 2.10. The van der Waals surface area contributed by atoms with Gasteiger partial charge in [0.05, 0.1) is 19.4 Å². The minimum atomic E-state index is -0.924. The molecule has 1 heterocycles. The molecule has 7 nitrogen and oxygen atoms in total. The lowest BCUT2D eigenvalue weighted by molar-refractivity contribution is -0.138. The quantitative estimate of drug-likeness (QED) is 0.772. The molecule has 0 aliphatic heterocycles. The normalized spacial score (nSPS) is 10.0. The van der Waals surface area contributed by atoms with Gasteiger partial charge in [0.15, 0.2) is 0 Å². The number of carboxylic acids is 1. The zero-order chi connectivity index (χ0) is 14.3. The first-order valence-electron chi connectivity index (χ1n) is 5.86. The molecule has 7 heteroatoms. The molecule has 1 rings (SSSR count). The average molecular weight is 267 g/mol. The maximum atomic E-state index is 11.7. The Kier molecular flexibility index (Phi) is 5.72. The third-order valence-electron chi connectivity index (χ3n) is 2.49. The maximum absolute atomic E-state index is 11.7. The van der Waals surface area contributed by atoms with E-state index in [2.05, 4.69) is 9.97 Å². The number of carbonyl (C=O) groups excluding carboxylic acids is 1. The first-order valence-corrected chi connectivity index (χ1v) is 5.86. The molecule has 1 aromatic heterocycles. The molecule has 0 saturated heterocycles. The molecule has 0 radical (unpaired) electrons. The number of hydrogen-bond acceptors (Lipinski definition) is 5. The fourth-order valence-electron chi connectivity index (χ4n) is 1.35. The lowest BCUT2D eigenvalue weighted by atomic mass is 10.3. The van der Waals surface area contributed by atoms with Crippen molar-refractivity contribution in [3.8, 4) is 5.88 Å². The molecule has 0 aromatic carbocycles. The van der Waals surface area contributed by atoms with Crippen molar-refractivity contribution < 1.29 is 19.4 Å². The Balaban J connectivity index is 2.31. The van der Waals surface area contributed by atoms with Gasteiger partial charge < -0.3 is 14.7 Å². The Bertz CT molecular complexity index is 450. The average Bonchev–Trinajstić information content (AvgIpc) is 2.38. The summed E-state index contributed by atoms with van der Waals surface area (Å²) in [4.78, 5) is 31.2. The van der Waals surface area contributed by atoms with Gasteiger partial charge in [0.1, 0.15) is 6.33 Å². The highest BCUT2D eigenvalue weighted by Crippen LogP contribution is 2.10. The van der Waals surface area contributed by atoms with Crippen LogP contribution in [0.5, 0.6) is 5.88 Å². The zero-order valence-corrected chi connectivity index (χ0v) is 11.0. The summed E-state index contributed by atoms with van der Waals surface area (Å²) in [5, 5.41) is 8.52. The summed E-state index contributed by atoms with van der Waals surface area (Å²) < 4.78 is 5.37. The molecule has 1 aromatic rings. The van der Waals surface area contributed by atoms with E-state index in [-0.39, 0.29) is 31.9 Å². The minimum absolute atomic E-state index is 0.0614. The van der Waals surface area contributed by atoms with Crippen LogP contribution in [0.25, 0.3) is 0 Å². The highest BCUT2D eigenvalue weighted by molar-refractivity contribution is 5.76. The molecule has 0 fully saturated rings. The van der Waals surface area contributed by atoms with E-state index in [1.165, 1.54) is 11.2 Å². The van der Waals surface area contributed by atoms with Gasteiger partial charge in [-0.2, -0.15) is 0 Å². The Morgan fingerprint density at radius 3 is 2.79 bits per heavy atom. The van der Waals surface area contributed by atoms with Crippen molar-refractivity contribution >= 4 is 11.9 Å². The molecule has 0 aliphatic carbocycles.